The molecule has 1 amide bonds. The highest BCUT2D eigenvalue weighted by molar-refractivity contribution is 5.88. The van der Waals surface area contributed by atoms with Crippen LogP contribution in [0.2, 0.25) is 0 Å². The quantitative estimate of drug-likeness (QED) is 0.924. The Hall–Kier alpha value is -1.81. The molecule has 2 aromatic rings. The van der Waals surface area contributed by atoms with Crippen LogP contribution in [0.5, 0.6) is 0 Å². The molecular weight excluding hydrogens is 278 g/mol. The van der Waals surface area contributed by atoms with Crippen LogP contribution in [0.25, 0.3) is 11.0 Å². The number of benzene rings is 1. The van der Waals surface area contributed by atoms with Crippen molar-refractivity contribution in [3.8, 4) is 0 Å². The number of fused-ring (bicyclic) bond motifs is 1. The summed E-state index contributed by atoms with van der Waals surface area (Å²) in [5, 5.41) is 11.0. The van der Waals surface area contributed by atoms with Gasteiger partial charge in [-0.3, -0.25) is 4.79 Å². The van der Waals surface area contributed by atoms with E-state index in [9.17, 15) is 9.90 Å². The number of furan rings is 1. The van der Waals surface area contributed by atoms with Gasteiger partial charge in [0.1, 0.15) is 5.58 Å². The normalized spacial score (nSPS) is 16.0. The van der Waals surface area contributed by atoms with E-state index < -0.39 is 0 Å². The fourth-order valence-electron chi connectivity index (χ4n) is 2.78. The minimum Gasteiger partial charge on any atom is -0.464 e. The molecule has 0 saturated heterocycles. The summed E-state index contributed by atoms with van der Waals surface area (Å²) >= 11 is 0. The molecule has 1 aliphatic carbocycles. The predicted molar refractivity (Wildman–Crippen MR) is 85.8 cm³/mol. The second kappa shape index (κ2) is 5.76. The Labute approximate surface area is 130 Å². The molecule has 1 aliphatic rings. The van der Waals surface area contributed by atoms with Crippen molar-refractivity contribution in [2.24, 2.45) is 5.92 Å². The largest absolute Gasteiger partial charge is 0.464 e. The third-order valence-corrected chi connectivity index (χ3v) is 4.66. The van der Waals surface area contributed by atoms with Crippen molar-refractivity contribution in [2.75, 3.05) is 13.6 Å². The molecule has 1 heterocycles. The molecule has 1 aromatic carbocycles. The van der Waals surface area contributed by atoms with Crippen LogP contribution < -0.4 is 0 Å². The first-order chi connectivity index (χ1) is 10.5. The van der Waals surface area contributed by atoms with Gasteiger partial charge in [0.05, 0.1) is 18.8 Å². The molecular formula is C18H23NO3. The third-order valence-electron chi connectivity index (χ3n) is 4.66. The molecule has 1 fully saturated rings. The van der Waals surface area contributed by atoms with Crippen LogP contribution in [-0.4, -0.2) is 35.6 Å². The molecule has 1 N–H and O–H groups in total. The molecule has 4 nitrogen and oxygen atoms in total. The topological polar surface area (TPSA) is 53.7 Å². The Kier molecular flexibility index (Phi) is 3.96. The fraction of sp³-hybridized carbons (Fsp3) is 0.500. The minimum atomic E-state index is -0.389. The summed E-state index contributed by atoms with van der Waals surface area (Å²) in [6, 6.07) is 4.09. The summed E-state index contributed by atoms with van der Waals surface area (Å²) in [6.07, 6.45) is 3.75. The number of carbonyl (C=O) groups excluding carboxylic acids is 1. The molecule has 1 atom stereocenters. The Bertz CT molecular complexity index is 700. The zero-order valence-corrected chi connectivity index (χ0v) is 13.4. The van der Waals surface area contributed by atoms with Gasteiger partial charge in [-0.25, -0.2) is 0 Å². The predicted octanol–water partition coefficient (Wildman–Crippen LogP) is 2.82. The van der Waals surface area contributed by atoms with Crippen LogP contribution >= 0.6 is 0 Å². The number of hydrogen-bond acceptors (Lipinski definition) is 3. The number of hydrogen-bond donors (Lipinski definition) is 1. The maximum Gasteiger partial charge on any atom is 0.226 e. The van der Waals surface area contributed by atoms with Crippen molar-refractivity contribution in [1.82, 2.24) is 4.90 Å². The van der Waals surface area contributed by atoms with Crippen molar-refractivity contribution in [3.05, 3.63) is 35.1 Å². The van der Waals surface area contributed by atoms with Crippen molar-refractivity contribution in [3.63, 3.8) is 0 Å². The summed E-state index contributed by atoms with van der Waals surface area (Å²) < 4.78 is 5.57. The van der Waals surface area contributed by atoms with Crippen LogP contribution in [0.4, 0.5) is 0 Å². The number of nitrogens with zero attached hydrogens (tertiary/aromatic N) is 1. The molecule has 118 valence electrons. The Morgan fingerprint density at radius 1 is 1.36 bits per heavy atom. The molecule has 1 saturated carbocycles. The van der Waals surface area contributed by atoms with E-state index >= 15 is 0 Å². The van der Waals surface area contributed by atoms with Crippen molar-refractivity contribution in [2.45, 2.75) is 39.2 Å². The maximum absolute atomic E-state index is 12.4. The van der Waals surface area contributed by atoms with Gasteiger partial charge in [0.25, 0.3) is 0 Å². The number of likely N-dealkylation sites (N-methyl/N-ethyl adjacent to an activating group) is 1. The monoisotopic (exact) mass is 301 g/mol. The lowest BCUT2D eigenvalue weighted by molar-refractivity contribution is -0.130. The number of rotatable bonds is 5. The number of aliphatic hydroxyl groups is 1. The molecule has 0 radical (unpaired) electrons. The average Bonchev–Trinajstić information content (AvgIpc) is 3.25. The third kappa shape index (κ3) is 3.02. The van der Waals surface area contributed by atoms with Crippen LogP contribution in [0.1, 0.15) is 29.5 Å². The van der Waals surface area contributed by atoms with Gasteiger partial charge in [0.15, 0.2) is 0 Å². The Morgan fingerprint density at radius 3 is 2.73 bits per heavy atom. The summed E-state index contributed by atoms with van der Waals surface area (Å²) in [6.45, 7) is 4.53. The standard InChI is InChI=1S/C18H23NO3/c1-11-6-15-14(10-22-17(15)7-12(11)2)8-18(21)19(3)9-16(20)13-4-5-13/h6-7,10,13,16,20H,4-5,8-9H2,1-3H3. The number of amides is 1. The van der Waals surface area contributed by atoms with E-state index in [2.05, 4.69) is 19.9 Å². The zero-order valence-electron chi connectivity index (χ0n) is 13.4. The number of aliphatic hydroxyl groups excluding tert-OH is 1. The van der Waals surface area contributed by atoms with Crippen LogP contribution in [0.3, 0.4) is 0 Å². The lowest BCUT2D eigenvalue weighted by Gasteiger charge is -2.20. The molecule has 3 rings (SSSR count). The van der Waals surface area contributed by atoms with Crippen LogP contribution in [-0.2, 0) is 11.2 Å². The van der Waals surface area contributed by atoms with E-state index in [4.69, 9.17) is 4.42 Å². The first kappa shape index (κ1) is 15.1. The minimum absolute atomic E-state index is 0.0145. The SMILES string of the molecule is Cc1cc2occ(CC(=O)N(C)CC(O)C3CC3)c2cc1C. The Morgan fingerprint density at radius 2 is 2.05 bits per heavy atom. The lowest BCUT2D eigenvalue weighted by atomic mass is 10.0. The molecule has 1 unspecified atom stereocenters. The summed E-state index contributed by atoms with van der Waals surface area (Å²) in [5.41, 5.74) is 4.12. The van der Waals surface area contributed by atoms with Gasteiger partial charge in [-0.15, -0.1) is 0 Å². The smallest absolute Gasteiger partial charge is 0.226 e. The molecule has 4 heteroatoms. The van der Waals surface area contributed by atoms with Crippen molar-refractivity contribution >= 4 is 16.9 Å². The van der Waals surface area contributed by atoms with Crippen molar-refractivity contribution < 1.29 is 14.3 Å². The van der Waals surface area contributed by atoms with Crippen LogP contribution in [0, 0.1) is 19.8 Å². The van der Waals surface area contributed by atoms with Gasteiger partial charge in [-0.1, -0.05) is 0 Å². The average molecular weight is 301 g/mol. The summed E-state index contributed by atoms with van der Waals surface area (Å²) in [7, 11) is 1.76. The summed E-state index contributed by atoms with van der Waals surface area (Å²) in [4.78, 5) is 14.0. The van der Waals surface area contributed by atoms with E-state index in [1.54, 1.807) is 18.2 Å². The highest BCUT2D eigenvalue weighted by atomic mass is 16.3. The number of carbonyl (C=O) groups is 1. The van der Waals surface area contributed by atoms with E-state index in [0.717, 1.165) is 29.4 Å². The summed E-state index contributed by atoms with van der Waals surface area (Å²) in [5.74, 6) is 0.399. The van der Waals surface area contributed by atoms with Gasteiger partial charge < -0.3 is 14.4 Å². The first-order valence-corrected chi connectivity index (χ1v) is 7.85. The van der Waals surface area contributed by atoms with Gasteiger partial charge in [-0.2, -0.15) is 0 Å². The van der Waals surface area contributed by atoms with Crippen molar-refractivity contribution in [1.29, 1.82) is 0 Å². The highest BCUT2D eigenvalue weighted by Crippen LogP contribution is 2.33. The molecule has 0 bridgehead atoms. The molecule has 0 aliphatic heterocycles. The molecule has 0 spiro atoms. The van der Waals surface area contributed by atoms with Gasteiger partial charge in [0, 0.05) is 24.5 Å². The van der Waals surface area contributed by atoms with E-state index in [-0.39, 0.29) is 12.0 Å². The van der Waals surface area contributed by atoms with E-state index in [1.165, 1.54) is 11.1 Å². The first-order valence-electron chi connectivity index (χ1n) is 7.85. The lowest BCUT2D eigenvalue weighted by Crippen LogP contribution is -2.36. The van der Waals surface area contributed by atoms with Gasteiger partial charge in [0.2, 0.25) is 5.91 Å². The fourth-order valence-corrected chi connectivity index (χ4v) is 2.78. The van der Waals surface area contributed by atoms with E-state index in [0.29, 0.717) is 18.9 Å². The van der Waals surface area contributed by atoms with Crippen LogP contribution in [0.15, 0.2) is 22.8 Å². The second-order valence-electron chi connectivity index (χ2n) is 6.55. The second-order valence-corrected chi connectivity index (χ2v) is 6.55. The zero-order chi connectivity index (χ0) is 15.9. The van der Waals surface area contributed by atoms with Gasteiger partial charge in [-0.05, 0) is 55.9 Å². The number of aryl methyl sites for hydroxylation is 2. The Balaban J connectivity index is 1.72. The highest BCUT2D eigenvalue weighted by Gasteiger charge is 2.31. The molecule has 22 heavy (non-hydrogen) atoms. The van der Waals surface area contributed by atoms with E-state index in [1.807, 2.05) is 6.07 Å². The maximum atomic E-state index is 12.4. The molecule has 1 aromatic heterocycles. The van der Waals surface area contributed by atoms with Gasteiger partial charge >= 0.3 is 0 Å².